The van der Waals surface area contributed by atoms with Gasteiger partial charge in [-0.2, -0.15) is 0 Å². The molecule has 1 aromatic rings. The molecular weight excluding hydrogens is 156 g/mol. The molecule has 68 valence electrons. The third-order valence-corrected chi connectivity index (χ3v) is 1.40. The predicted octanol–water partition coefficient (Wildman–Crippen LogP) is 1.82. The van der Waals surface area contributed by atoms with Crippen molar-refractivity contribution in [2.24, 2.45) is 5.92 Å². The molecule has 1 N–H and O–H groups in total. The van der Waals surface area contributed by atoms with Gasteiger partial charge in [0.1, 0.15) is 0 Å². The zero-order chi connectivity index (χ0) is 9.14. The zero-order valence-electron chi connectivity index (χ0n) is 7.42. The molecule has 0 aliphatic heterocycles. The normalized spacial score (nSPS) is 10.3. The summed E-state index contributed by atoms with van der Waals surface area (Å²) in [6.45, 7) is 5.44. The Kier molecular flexibility index (Phi) is 2.47. The van der Waals surface area contributed by atoms with Gasteiger partial charge in [-0.25, -0.2) is 0 Å². The van der Waals surface area contributed by atoms with Crippen molar-refractivity contribution in [2.75, 3.05) is 5.32 Å². The van der Waals surface area contributed by atoms with E-state index in [9.17, 15) is 4.79 Å². The molecule has 0 spiro atoms. The van der Waals surface area contributed by atoms with Crippen LogP contribution in [0.2, 0.25) is 0 Å². The molecule has 0 aliphatic rings. The summed E-state index contributed by atoms with van der Waals surface area (Å²) in [6, 6.07) is 1.68. The largest absolute Gasteiger partial charge is 0.338 e. The molecule has 0 aliphatic carbocycles. The number of hydrogen-bond donors (Lipinski definition) is 1. The SMILES string of the molecule is Cc1cc(NC(=O)C(C)C)on1.[HH]. The standard InChI is InChI=1S/C8H12N2O2.H2/c1-5(2)8(11)9-7-4-6(3)10-12-7;/h4-5H,1-3H3,(H,9,11);1H. The number of aryl methyl sites for hydroxylation is 1. The fourth-order valence-corrected chi connectivity index (χ4v) is 0.688. The van der Waals surface area contributed by atoms with Crippen LogP contribution in [-0.2, 0) is 4.79 Å². The number of carbonyl (C=O) groups is 1. The first-order chi connectivity index (χ1) is 5.59. The van der Waals surface area contributed by atoms with E-state index >= 15 is 0 Å². The summed E-state index contributed by atoms with van der Waals surface area (Å²) in [6.07, 6.45) is 0. The monoisotopic (exact) mass is 170 g/mol. The molecule has 12 heavy (non-hydrogen) atoms. The molecule has 1 aromatic heterocycles. The van der Waals surface area contributed by atoms with E-state index in [1.54, 1.807) is 13.0 Å². The Morgan fingerprint density at radius 3 is 2.83 bits per heavy atom. The van der Waals surface area contributed by atoms with Crippen molar-refractivity contribution in [1.82, 2.24) is 5.16 Å². The van der Waals surface area contributed by atoms with Crippen LogP contribution in [0.4, 0.5) is 5.88 Å². The molecular formula is C8H14N2O2. The Hall–Kier alpha value is -1.32. The Bertz CT molecular complexity index is 283. The van der Waals surface area contributed by atoms with Gasteiger partial charge in [0.25, 0.3) is 0 Å². The number of nitrogens with one attached hydrogen (secondary N) is 1. The maximum Gasteiger partial charge on any atom is 0.231 e. The molecule has 0 bridgehead atoms. The molecule has 0 unspecified atom stereocenters. The summed E-state index contributed by atoms with van der Waals surface area (Å²) in [5.41, 5.74) is 0.758. The van der Waals surface area contributed by atoms with Crippen molar-refractivity contribution in [1.29, 1.82) is 0 Å². The summed E-state index contributed by atoms with van der Waals surface area (Å²) in [5, 5.41) is 6.23. The van der Waals surface area contributed by atoms with Crippen LogP contribution in [0, 0.1) is 12.8 Å². The van der Waals surface area contributed by atoms with Gasteiger partial charge < -0.3 is 4.52 Å². The van der Waals surface area contributed by atoms with Gasteiger partial charge in [-0.1, -0.05) is 19.0 Å². The molecule has 4 heteroatoms. The van der Waals surface area contributed by atoms with Crippen LogP contribution in [-0.4, -0.2) is 11.1 Å². The van der Waals surface area contributed by atoms with E-state index in [2.05, 4.69) is 10.5 Å². The molecule has 1 amide bonds. The number of aromatic nitrogens is 1. The van der Waals surface area contributed by atoms with E-state index in [4.69, 9.17) is 4.52 Å². The predicted molar refractivity (Wildman–Crippen MR) is 46.8 cm³/mol. The van der Waals surface area contributed by atoms with Crippen molar-refractivity contribution in [3.63, 3.8) is 0 Å². The highest BCUT2D eigenvalue weighted by molar-refractivity contribution is 5.90. The van der Waals surface area contributed by atoms with E-state index < -0.39 is 0 Å². The highest BCUT2D eigenvalue weighted by atomic mass is 16.5. The lowest BCUT2D eigenvalue weighted by Gasteiger charge is -2.02. The minimum absolute atomic E-state index is 0. The first-order valence-corrected chi connectivity index (χ1v) is 3.84. The zero-order valence-corrected chi connectivity index (χ0v) is 7.42. The fraction of sp³-hybridized carbons (Fsp3) is 0.500. The molecule has 0 saturated carbocycles. The number of rotatable bonds is 2. The number of anilines is 1. The van der Waals surface area contributed by atoms with Crippen molar-refractivity contribution in [3.05, 3.63) is 11.8 Å². The lowest BCUT2D eigenvalue weighted by molar-refractivity contribution is -0.119. The third kappa shape index (κ3) is 2.08. The number of amides is 1. The van der Waals surface area contributed by atoms with Gasteiger partial charge in [0.15, 0.2) is 0 Å². The highest BCUT2D eigenvalue weighted by Crippen LogP contribution is 2.09. The minimum Gasteiger partial charge on any atom is -0.338 e. The van der Waals surface area contributed by atoms with Gasteiger partial charge in [-0.15, -0.1) is 0 Å². The molecule has 1 heterocycles. The van der Waals surface area contributed by atoms with Crippen LogP contribution in [0.15, 0.2) is 10.6 Å². The second kappa shape index (κ2) is 3.38. The van der Waals surface area contributed by atoms with Gasteiger partial charge in [0, 0.05) is 13.4 Å². The highest BCUT2D eigenvalue weighted by Gasteiger charge is 2.09. The van der Waals surface area contributed by atoms with Crippen LogP contribution in [0.25, 0.3) is 0 Å². The van der Waals surface area contributed by atoms with Crippen LogP contribution >= 0.6 is 0 Å². The number of carbonyl (C=O) groups excluding carboxylic acids is 1. The molecule has 0 aromatic carbocycles. The maximum absolute atomic E-state index is 11.1. The van der Waals surface area contributed by atoms with Crippen molar-refractivity contribution in [2.45, 2.75) is 20.8 Å². The van der Waals surface area contributed by atoms with Crippen LogP contribution in [0.3, 0.4) is 0 Å². The Morgan fingerprint density at radius 2 is 2.42 bits per heavy atom. The lowest BCUT2D eigenvalue weighted by Crippen LogP contribution is -2.17. The summed E-state index contributed by atoms with van der Waals surface area (Å²) < 4.78 is 4.80. The molecule has 0 atom stereocenters. The van der Waals surface area contributed by atoms with Crippen LogP contribution < -0.4 is 5.32 Å². The Balaban J connectivity index is 0.00000144. The molecule has 1 rings (SSSR count). The van der Waals surface area contributed by atoms with E-state index in [1.165, 1.54) is 0 Å². The molecule has 0 fully saturated rings. The van der Waals surface area contributed by atoms with Gasteiger partial charge in [0.05, 0.1) is 5.69 Å². The Labute approximate surface area is 72.4 Å². The van der Waals surface area contributed by atoms with Gasteiger partial charge >= 0.3 is 0 Å². The lowest BCUT2D eigenvalue weighted by atomic mass is 10.2. The Morgan fingerprint density at radius 1 is 1.75 bits per heavy atom. The fourth-order valence-electron chi connectivity index (χ4n) is 0.688. The van der Waals surface area contributed by atoms with Gasteiger partial charge in [-0.3, -0.25) is 10.1 Å². The average Bonchev–Trinajstić information content (AvgIpc) is 2.35. The summed E-state index contributed by atoms with van der Waals surface area (Å²) in [7, 11) is 0. The maximum atomic E-state index is 11.1. The first-order valence-electron chi connectivity index (χ1n) is 3.84. The van der Waals surface area contributed by atoms with Crippen molar-refractivity contribution < 1.29 is 10.7 Å². The van der Waals surface area contributed by atoms with Crippen LogP contribution in [0.5, 0.6) is 0 Å². The number of hydrogen-bond acceptors (Lipinski definition) is 3. The number of nitrogens with zero attached hydrogens (tertiary/aromatic N) is 1. The summed E-state index contributed by atoms with van der Waals surface area (Å²) in [5.74, 6) is 0.299. The van der Waals surface area contributed by atoms with Gasteiger partial charge in [0.2, 0.25) is 11.8 Å². The third-order valence-electron chi connectivity index (χ3n) is 1.40. The summed E-state index contributed by atoms with van der Waals surface area (Å²) >= 11 is 0. The van der Waals surface area contributed by atoms with E-state index in [1.807, 2.05) is 13.8 Å². The first kappa shape index (κ1) is 8.77. The second-order valence-electron chi connectivity index (χ2n) is 2.98. The second-order valence-corrected chi connectivity index (χ2v) is 2.98. The molecule has 0 saturated heterocycles. The molecule has 4 nitrogen and oxygen atoms in total. The van der Waals surface area contributed by atoms with Crippen molar-refractivity contribution >= 4 is 11.8 Å². The summed E-state index contributed by atoms with van der Waals surface area (Å²) in [4.78, 5) is 11.1. The smallest absolute Gasteiger partial charge is 0.231 e. The van der Waals surface area contributed by atoms with Crippen molar-refractivity contribution in [3.8, 4) is 0 Å². The average molecular weight is 170 g/mol. The van der Waals surface area contributed by atoms with E-state index in [-0.39, 0.29) is 13.3 Å². The quantitative estimate of drug-likeness (QED) is 0.736. The minimum atomic E-state index is -0.0637. The molecule has 0 radical (unpaired) electrons. The van der Waals surface area contributed by atoms with E-state index in [0.717, 1.165) is 5.69 Å². The van der Waals surface area contributed by atoms with E-state index in [0.29, 0.717) is 5.88 Å². The van der Waals surface area contributed by atoms with Crippen LogP contribution in [0.1, 0.15) is 21.0 Å². The topological polar surface area (TPSA) is 55.1 Å². The van der Waals surface area contributed by atoms with Gasteiger partial charge in [-0.05, 0) is 6.92 Å².